The maximum absolute atomic E-state index is 14.4. The topological polar surface area (TPSA) is 108 Å². The van der Waals surface area contributed by atoms with E-state index in [-0.39, 0.29) is 11.9 Å². The molecule has 0 aliphatic carbocycles. The molecule has 0 saturated heterocycles. The van der Waals surface area contributed by atoms with Gasteiger partial charge in [-0.15, -0.1) is 0 Å². The van der Waals surface area contributed by atoms with E-state index in [1.54, 1.807) is 13.0 Å². The lowest BCUT2D eigenvalue weighted by Gasteiger charge is -2.30. The standard InChI is InChI=1S/C18H19FN4O4/c1-18(7-8-26-16(20)23-18)13-9-11(3-5-14(13)19)22-17(24)27-15-6-4-12(25-2)10-21-15/h3-6,9-10H,7-8H2,1-2H3,(H2,20,23)(H,22,24)/t18-/m0/s1. The fourth-order valence-corrected chi connectivity index (χ4v) is 2.68. The second-order valence-corrected chi connectivity index (χ2v) is 6.07. The second kappa shape index (κ2) is 7.48. The molecule has 1 aliphatic heterocycles. The number of aromatic nitrogens is 1. The number of nitrogens with one attached hydrogen (secondary N) is 1. The number of carbonyl (C=O) groups excluding carboxylic acids is 1. The minimum Gasteiger partial charge on any atom is -0.495 e. The Balaban J connectivity index is 1.75. The van der Waals surface area contributed by atoms with Crippen molar-refractivity contribution in [3.05, 3.63) is 47.9 Å². The van der Waals surface area contributed by atoms with Crippen molar-refractivity contribution in [2.24, 2.45) is 10.7 Å². The van der Waals surface area contributed by atoms with Crippen molar-refractivity contribution in [2.75, 3.05) is 19.0 Å². The van der Waals surface area contributed by atoms with Crippen molar-refractivity contribution in [3.63, 3.8) is 0 Å². The van der Waals surface area contributed by atoms with E-state index in [1.807, 2.05) is 0 Å². The van der Waals surface area contributed by atoms with E-state index in [1.165, 1.54) is 37.6 Å². The van der Waals surface area contributed by atoms with Crippen LogP contribution in [0.4, 0.5) is 14.9 Å². The van der Waals surface area contributed by atoms with Crippen LogP contribution in [0.15, 0.2) is 41.5 Å². The molecule has 3 rings (SSSR count). The molecule has 2 aromatic rings. The van der Waals surface area contributed by atoms with Gasteiger partial charge in [-0.2, -0.15) is 0 Å². The zero-order valence-corrected chi connectivity index (χ0v) is 14.9. The van der Waals surface area contributed by atoms with Gasteiger partial charge in [0.2, 0.25) is 5.88 Å². The predicted octanol–water partition coefficient (Wildman–Crippen LogP) is 2.79. The van der Waals surface area contributed by atoms with Gasteiger partial charge in [-0.25, -0.2) is 19.2 Å². The highest BCUT2D eigenvalue weighted by atomic mass is 19.1. The minimum atomic E-state index is -0.883. The summed E-state index contributed by atoms with van der Waals surface area (Å²) in [6.45, 7) is 2.08. The number of ether oxygens (including phenoxy) is 3. The number of nitrogens with two attached hydrogens (primary N) is 1. The first-order valence-electron chi connectivity index (χ1n) is 8.17. The van der Waals surface area contributed by atoms with E-state index in [0.717, 1.165) is 0 Å². The van der Waals surface area contributed by atoms with Crippen LogP contribution < -0.4 is 20.5 Å². The van der Waals surface area contributed by atoms with E-state index in [9.17, 15) is 9.18 Å². The molecule has 142 valence electrons. The number of halogens is 1. The van der Waals surface area contributed by atoms with Gasteiger partial charge in [-0.3, -0.25) is 5.32 Å². The number of amidine groups is 1. The van der Waals surface area contributed by atoms with Gasteiger partial charge < -0.3 is 19.9 Å². The van der Waals surface area contributed by atoms with Crippen molar-refractivity contribution < 1.29 is 23.4 Å². The smallest absolute Gasteiger partial charge is 0.418 e. The largest absolute Gasteiger partial charge is 0.495 e. The van der Waals surface area contributed by atoms with Crippen LogP contribution >= 0.6 is 0 Å². The molecule has 1 aromatic carbocycles. The summed E-state index contributed by atoms with van der Waals surface area (Å²) in [5, 5.41) is 2.54. The van der Waals surface area contributed by atoms with Crippen LogP contribution in [0.1, 0.15) is 18.9 Å². The lowest BCUT2D eigenvalue weighted by Crippen LogP contribution is -2.34. The number of pyridine rings is 1. The number of nitrogens with zero attached hydrogens (tertiary/aromatic N) is 2. The molecule has 8 nitrogen and oxygen atoms in total. The van der Waals surface area contributed by atoms with E-state index in [2.05, 4.69) is 15.3 Å². The lowest BCUT2D eigenvalue weighted by atomic mass is 9.88. The third-order valence-corrected chi connectivity index (χ3v) is 4.13. The molecule has 9 heteroatoms. The van der Waals surface area contributed by atoms with Crippen LogP contribution in [-0.4, -0.2) is 30.8 Å². The zero-order chi connectivity index (χ0) is 19.4. The second-order valence-electron chi connectivity index (χ2n) is 6.07. The molecule has 0 radical (unpaired) electrons. The minimum absolute atomic E-state index is 0.00602. The van der Waals surface area contributed by atoms with Crippen LogP contribution in [-0.2, 0) is 10.3 Å². The Morgan fingerprint density at radius 1 is 1.37 bits per heavy atom. The van der Waals surface area contributed by atoms with E-state index < -0.39 is 17.4 Å². The summed E-state index contributed by atoms with van der Waals surface area (Å²) >= 11 is 0. The number of hydrogen-bond donors (Lipinski definition) is 2. The molecule has 27 heavy (non-hydrogen) atoms. The van der Waals surface area contributed by atoms with Gasteiger partial charge in [0.25, 0.3) is 6.02 Å². The SMILES string of the molecule is COc1ccc(OC(=O)Nc2ccc(F)c([C@]3(C)CCOC(N)=N3)c2)nc1. The van der Waals surface area contributed by atoms with E-state index in [0.29, 0.717) is 30.0 Å². The third kappa shape index (κ3) is 4.25. The van der Waals surface area contributed by atoms with Gasteiger partial charge in [0.05, 0.1) is 25.5 Å². The Labute approximate surface area is 155 Å². The summed E-state index contributed by atoms with van der Waals surface area (Å²) in [5.74, 6) is 0.187. The molecular formula is C18H19FN4O4. The summed E-state index contributed by atoms with van der Waals surface area (Å²) < 4.78 is 29.6. The highest BCUT2D eigenvalue weighted by molar-refractivity contribution is 5.86. The van der Waals surface area contributed by atoms with E-state index >= 15 is 0 Å². The van der Waals surface area contributed by atoms with Crippen molar-refractivity contribution in [3.8, 4) is 11.6 Å². The maximum Gasteiger partial charge on any atom is 0.418 e. The number of carbonyl (C=O) groups is 1. The number of hydrogen-bond acceptors (Lipinski definition) is 7. The van der Waals surface area contributed by atoms with Crippen LogP contribution in [0.25, 0.3) is 0 Å². The van der Waals surface area contributed by atoms with Crippen LogP contribution in [0.3, 0.4) is 0 Å². The fourth-order valence-electron chi connectivity index (χ4n) is 2.68. The molecule has 0 unspecified atom stereocenters. The number of amides is 1. The van der Waals surface area contributed by atoms with Gasteiger partial charge in [-0.1, -0.05) is 0 Å². The van der Waals surface area contributed by atoms with Crippen molar-refractivity contribution in [2.45, 2.75) is 18.9 Å². The number of anilines is 1. The molecule has 0 saturated carbocycles. The molecule has 1 aliphatic rings. The number of aliphatic imine (C=N–C) groups is 1. The van der Waals surface area contributed by atoms with Crippen LogP contribution in [0.5, 0.6) is 11.6 Å². The zero-order valence-electron chi connectivity index (χ0n) is 14.9. The van der Waals surface area contributed by atoms with Crippen molar-refractivity contribution in [1.29, 1.82) is 0 Å². The summed E-state index contributed by atoms with van der Waals surface area (Å²) in [4.78, 5) is 20.2. The average Bonchev–Trinajstić information content (AvgIpc) is 2.63. The van der Waals surface area contributed by atoms with Gasteiger partial charge in [0.1, 0.15) is 11.6 Å². The first-order chi connectivity index (χ1) is 12.9. The molecule has 1 atom stereocenters. The summed E-state index contributed by atoms with van der Waals surface area (Å²) in [6.07, 6.45) is 1.12. The Morgan fingerprint density at radius 3 is 2.85 bits per heavy atom. The van der Waals surface area contributed by atoms with Gasteiger partial charge in [0, 0.05) is 23.7 Å². The number of rotatable bonds is 4. The molecule has 0 spiro atoms. The van der Waals surface area contributed by atoms with Gasteiger partial charge in [-0.05, 0) is 31.2 Å². The Kier molecular flexibility index (Phi) is 5.11. The normalized spacial score (nSPS) is 18.9. The summed E-state index contributed by atoms with van der Waals surface area (Å²) in [5.41, 5.74) is 5.39. The highest BCUT2D eigenvalue weighted by Crippen LogP contribution is 2.35. The number of benzene rings is 1. The van der Waals surface area contributed by atoms with E-state index in [4.69, 9.17) is 19.9 Å². The molecule has 0 bridgehead atoms. The summed E-state index contributed by atoms with van der Waals surface area (Å²) in [6, 6.07) is 7.29. The Morgan fingerprint density at radius 2 is 2.19 bits per heavy atom. The quantitative estimate of drug-likeness (QED) is 0.852. The predicted molar refractivity (Wildman–Crippen MR) is 96.4 cm³/mol. The third-order valence-electron chi connectivity index (χ3n) is 4.13. The van der Waals surface area contributed by atoms with Crippen molar-refractivity contribution in [1.82, 2.24) is 4.98 Å². The average molecular weight is 374 g/mol. The summed E-state index contributed by atoms with van der Waals surface area (Å²) in [7, 11) is 1.51. The monoisotopic (exact) mass is 374 g/mol. The van der Waals surface area contributed by atoms with Gasteiger partial charge in [0.15, 0.2) is 0 Å². The highest BCUT2D eigenvalue weighted by Gasteiger charge is 2.33. The Bertz CT molecular complexity index is 872. The lowest BCUT2D eigenvalue weighted by molar-refractivity contribution is 0.212. The van der Waals surface area contributed by atoms with Crippen LogP contribution in [0, 0.1) is 5.82 Å². The molecule has 1 aromatic heterocycles. The molecule has 3 N–H and O–H groups in total. The number of methoxy groups -OCH3 is 1. The first kappa shape index (κ1) is 18.4. The fraction of sp³-hybridized carbons (Fsp3) is 0.278. The Hall–Kier alpha value is -3.36. The van der Waals surface area contributed by atoms with Gasteiger partial charge >= 0.3 is 6.09 Å². The van der Waals surface area contributed by atoms with Crippen LogP contribution in [0.2, 0.25) is 0 Å². The molecule has 1 amide bonds. The first-order valence-corrected chi connectivity index (χ1v) is 8.17. The molecule has 0 fully saturated rings. The maximum atomic E-state index is 14.4. The van der Waals surface area contributed by atoms with Crippen molar-refractivity contribution >= 4 is 17.8 Å². The molecular weight excluding hydrogens is 355 g/mol. The molecule has 2 heterocycles.